The third-order valence-electron chi connectivity index (χ3n) is 5.24. The van der Waals surface area contributed by atoms with Crippen molar-refractivity contribution in [2.45, 2.75) is 39.2 Å². The molecule has 0 aliphatic rings. The van der Waals surface area contributed by atoms with Crippen molar-refractivity contribution in [2.24, 2.45) is 0 Å². The van der Waals surface area contributed by atoms with Gasteiger partial charge in [0.05, 0.1) is 13.7 Å². The Hall–Kier alpha value is -3.73. The highest BCUT2D eigenvalue weighted by Gasteiger charge is 2.06. The van der Waals surface area contributed by atoms with E-state index in [4.69, 9.17) is 14.2 Å². The van der Waals surface area contributed by atoms with Gasteiger partial charge in [-0.05, 0) is 60.0 Å². The fourth-order valence-corrected chi connectivity index (χ4v) is 3.35. The molecule has 0 spiro atoms. The van der Waals surface area contributed by atoms with Gasteiger partial charge in [0.25, 0.3) is 0 Å². The van der Waals surface area contributed by atoms with Crippen molar-refractivity contribution < 1.29 is 19.0 Å². The van der Waals surface area contributed by atoms with E-state index in [1.165, 1.54) is 18.9 Å². The van der Waals surface area contributed by atoms with E-state index in [1.807, 2.05) is 72.8 Å². The van der Waals surface area contributed by atoms with Crippen LogP contribution >= 0.6 is 0 Å². The van der Waals surface area contributed by atoms with Gasteiger partial charge in [-0.1, -0.05) is 62.6 Å². The zero-order valence-corrected chi connectivity index (χ0v) is 20.0. The van der Waals surface area contributed by atoms with Crippen molar-refractivity contribution in [1.82, 2.24) is 0 Å². The number of hydrogen-bond donors (Lipinski definition) is 1. The molecule has 0 aliphatic carbocycles. The fourth-order valence-electron chi connectivity index (χ4n) is 3.35. The number of methoxy groups -OCH3 is 1. The number of carbonyl (C=O) groups is 1. The summed E-state index contributed by atoms with van der Waals surface area (Å²) >= 11 is 0. The smallest absolute Gasteiger partial charge is 0.248 e. The lowest BCUT2D eigenvalue weighted by atomic mass is 10.2. The first-order valence-electron chi connectivity index (χ1n) is 11.7. The van der Waals surface area contributed by atoms with Crippen molar-refractivity contribution in [3.63, 3.8) is 0 Å². The van der Waals surface area contributed by atoms with Crippen molar-refractivity contribution in [1.29, 1.82) is 0 Å². The number of benzene rings is 3. The lowest BCUT2D eigenvalue weighted by molar-refractivity contribution is -0.111. The van der Waals surface area contributed by atoms with Crippen LogP contribution in [0, 0.1) is 0 Å². The number of nitrogens with one attached hydrogen (secondary N) is 1. The maximum atomic E-state index is 12.3. The summed E-state index contributed by atoms with van der Waals surface area (Å²) in [7, 11) is 1.62. The molecule has 0 saturated heterocycles. The van der Waals surface area contributed by atoms with Gasteiger partial charge in [-0.15, -0.1) is 0 Å². The molecule has 3 aromatic rings. The number of ether oxygens (including phenoxy) is 3. The van der Waals surface area contributed by atoms with E-state index in [0.29, 0.717) is 24.7 Å². The predicted octanol–water partition coefficient (Wildman–Crippen LogP) is 6.89. The fraction of sp³-hybridized carbons (Fsp3) is 0.276. The first-order chi connectivity index (χ1) is 16.7. The summed E-state index contributed by atoms with van der Waals surface area (Å²) in [6.45, 7) is 3.36. The average Bonchev–Trinajstić information content (AvgIpc) is 2.88. The van der Waals surface area contributed by atoms with Gasteiger partial charge in [-0.3, -0.25) is 4.79 Å². The molecule has 0 saturated carbocycles. The maximum absolute atomic E-state index is 12.3. The zero-order valence-electron chi connectivity index (χ0n) is 20.0. The number of anilines is 1. The average molecular weight is 460 g/mol. The first-order valence-corrected chi connectivity index (χ1v) is 11.7. The molecule has 0 atom stereocenters. The second kappa shape index (κ2) is 13.7. The molecule has 0 unspecified atom stereocenters. The summed E-state index contributed by atoms with van der Waals surface area (Å²) in [5.41, 5.74) is 2.66. The summed E-state index contributed by atoms with van der Waals surface area (Å²) in [4.78, 5) is 12.3. The second-order valence-electron chi connectivity index (χ2n) is 7.94. The molecule has 0 aromatic heterocycles. The van der Waals surface area contributed by atoms with E-state index in [9.17, 15) is 4.79 Å². The number of hydrogen-bond acceptors (Lipinski definition) is 4. The van der Waals surface area contributed by atoms with Gasteiger partial charge in [-0.2, -0.15) is 0 Å². The van der Waals surface area contributed by atoms with Crippen molar-refractivity contribution in [3.8, 4) is 17.2 Å². The van der Waals surface area contributed by atoms with E-state index in [1.54, 1.807) is 13.2 Å². The minimum absolute atomic E-state index is 0.215. The summed E-state index contributed by atoms with van der Waals surface area (Å²) in [6, 6.07) is 23.0. The monoisotopic (exact) mass is 459 g/mol. The molecule has 5 heteroatoms. The standard InChI is InChI=1S/C29H33NO4/c1-3-4-5-9-20-33-27-18-12-23(21-28(27)32-2)13-19-29(31)30-25-14-16-26(17-15-25)34-22-24-10-7-6-8-11-24/h6-8,10-19,21H,3-5,9,20,22H2,1-2H3,(H,30,31)/b19-13+. The molecular formula is C29H33NO4. The van der Waals surface area contributed by atoms with Crippen LogP contribution in [0.5, 0.6) is 17.2 Å². The van der Waals surface area contributed by atoms with E-state index in [-0.39, 0.29) is 5.91 Å². The van der Waals surface area contributed by atoms with E-state index in [0.717, 1.165) is 35.5 Å². The van der Waals surface area contributed by atoms with E-state index >= 15 is 0 Å². The highest BCUT2D eigenvalue weighted by Crippen LogP contribution is 2.29. The van der Waals surface area contributed by atoms with Crippen LogP contribution in [0.1, 0.15) is 43.7 Å². The van der Waals surface area contributed by atoms with Gasteiger partial charge in [0, 0.05) is 11.8 Å². The van der Waals surface area contributed by atoms with Crippen molar-refractivity contribution in [2.75, 3.05) is 19.0 Å². The first kappa shape index (κ1) is 24.9. The normalized spacial score (nSPS) is 10.8. The van der Waals surface area contributed by atoms with Gasteiger partial charge in [0.1, 0.15) is 12.4 Å². The van der Waals surface area contributed by atoms with Crippen LogP contribution < -0.4 is 19.5 Å². The summed E-state index contributed by atoms with van der Waals surface area (Å²) in [5, 5.41) is 2.86. The second-order valence-corrected chi connectivity index (χ2v) is 7.94. The molecule has 0 aliphatic heterocycles. The summed E-state index contributed by atoms with van der Waals surface area (Å²) < 4.78 is 17.1. The molecule has 0 radical (unpaired) electrons. The third kappa shape index (κ3) is 8.32. The quantitative estimate of drug-likeness (QED) is 0.223. The highest BCUT2D eigenvalue weighted by molar-refractivity contribution is 6.02. The molecule has 3 rings (SSSR count). The van der Waals surface area contributed by atoms with Crippen molar-refractivity contribution in [3.05, 3.63) is 90.0 Å². The number of amides is 1. The number of unbranched alkanes of at least 4 members (excludes halogenated alkanes) is 3. The van der Waals surface area contributed by atoms with Crippen LogP contribution in [0.2, 0.25) is 0 Å². The van der Waals surface area contributed by atoms with Crippen molar-refractivity contribution >= 4 is 17.7 Å². The molecule has 0 heterocycles. The lowest BCUT2D eigenvalue weighted by Crippen LogP contribution is -2.07. The largest absolute Gasteiger partial charge is 0.493 e. The van der Waals surface area contributed by atoms with E-state index in [2.05, 4.69) is 12.2 Å². The van der Waals surface area contributed by atoms with Crippen LogP contribution in [-0.4, -0.2) is 19.6 Å². The molecule has 1 N–H and O–H groups in total. The Labute approximate surface area is 202 Å². The van der Waals surface area contributed by atoms with Crippen LogP contribution in [-0.2, 0) is 11.4 Å². The minimum Gasteiger partial charge on any atom is -0.493 e. The summed E-state index contributed by atoms with van der Waals surface area (Å²) in [5.74, 6) is 1.91. The minimum atomic E-state index is -0.215. The predicted molar refractivity (Wildman–Crippen MR) is 138 cm³/mol. The molecule has 3 aromatic carbocycles. The zero-order chi connectivity index (χ0) is 24.0. The highest BCUT2D eigenvalue weighted by atomic mass is 16.5. The molecular weight excluding hydrogens is 426 g/mol. The Morgan fingerprint density at radius 2 is 1.68 bits per heavy atom. The Balaban J connectivity index is 1.49. The molecule has 0 bridgehead atoms. The molecule has 0 fully saturated rings. The Morgan fingerprint density at radius 3 is 2.41 bits per heavy atom. The van der Waals surface area contributed by atoms with Crippen LogP contribution in [0.4, 0.5) is 5.69 Å². The van der Waals surface area contributed by atoms with Crippen LogP contribution in [0.3, 0.4) is 0 Å². The van der Waals surface area contributed by atoms with Gasteiger partial charge < -0.3 is 19.5 Å². The number of carbonyl (C=O) groups excluding carboxylic acids is 1. The Kier molecular flexibility index (Phi) is 10.1. The SMILES string of the molecule is CCCCCCOc1ccc(/C=C/C(=O)Nc2ccc(OCc3ccccc3)cc2)cc1OC. The molecule has 5 nitrogen and oxygen atoms in total. The van der Waals surface area contributed by atoms with Gasteiger partial charge >= 0.3 is 0 Å². The summed E-state index contributed by atoms with van der Waals surface area (Å²) in [6.07, 6.45) is 7.86. The van der Waals surface area contributed by atoms with Gasteiger partial charge in [-0.25, -0.2) is 0 Å². The topological polar surface area (TPSA) is 56.8 Å². The third-order valence-corrected chi connectivity index (χ3v) is 5.24. The lowest BCUT2D eigenvalue weighted by Gasteiger charge is -2.11. The Bertz CT molecular complexity index is 1050. The van der Waals surface area contributed by atoms with Crippen LogP contribution in [0.15, 0.2) is 78.9 Å². The van der Waals surface area contributed by atoms with E-state index < -0.39 is 0 Å². The molecule has 178 valence electrons. The Morgan fingerprint density at radius 1 is 0.882 bits per heavy atom. The van der Waals surface area contributed by atoms with Gasteiger partial charge in [0.15, 0.2) is 11.5 Å². The number of rotatable bonds is 13. The molecule has 34 heavy (non-hydrogen) atoms. The van der Waals surface area contributed by atoms with Crippen LogP contribution in [0.25, 0.3) is 6.08 Å². The maximum Gasteiger partial charge on any atom is 0.248 e. The molecule has 1 amide bonds. The van der Waals surface area contributed by atoms with Gasteiger partial charge in [0.2, 0.25) is 5.91 Å².